The van der Waals surface area contributed by atoms with Crippen molar-refractivity contribution in [3.8, 4) is 0 Å². The number of nitrogens with two attached hydrogens (primary N) is 2. The first-order chi connectivity index (χ1) is 8.08. The summed E-state index contributed by atoms with van der Waals surface area (Å²) in [6.07, 6.45) is 3.22. The monoisotopic (exact) mass is 253 g/mol. The van der Waals surface area contributed by atoms with E-state index < -0.39 is 5.91 Å². The van der Waals surface area contributed by atoms with Crippen LogP contribution in [0.25, 0.3) is 0 Å². The second-order valence-electron chi connectivity index (χ2n) is 4.40. The van der Waals surface area contributed by atoms with Crippen molar-refractivity contribution < 1.29 is 4.79 Å². The number of halogens is 1. The Kier molecular flexibility index (Phi) is 3.54. The second-order valence-corrected chi connectivity index (χ2v) is 4.81. The molecule has 5 heteroatoms. The molecule has 0 heterocycles. The van der Waals surface area contributed by atoms with Crippen LogP contribution in [0.3, 0.4) is 0 Å². The van der Waals surface area contributed by atoms with Gasteiger partial charge in [0, 0.05) is 17.6 Å². The molecule has 0 aromatic heterocycles. The van der Waals surface area contributed by atoms with Crippen LogP contribution >= 0.6 is 11.6 Å². The fraction of sp³-hybridized carbons (Fsp3) is 0.417. The third-order valence-electron chi connectivity index (χ3n) is 3.16. The normalized spacial score (nSPS) is 23.6. The lowest BCUT2D eigenvalue weighted by molar-refractivity contribution is 0.100. The van der Waals surface area contributed by atoms with Gasteiger partial charge in [-0.05, 0) is 37.5 Å². The zero-order valence-corrected chi connectivity index (χ0v) is 10.2. The van der Waals surface area contributed by atoms with Gasteiger partial charge in [0.25, 0.3) is 0 Å². The summed E-state index contributed by atoms with van der Waals surface area (Å²) < 4.78 is 0. The fourth-order valence-electron chi connectivity index (χ4n) is 2.15. The molecule has 0 saturated heterocycles. The summed E-state index contributed by atoms with van der Waals surface area (Å²) in [5.74, 6) is -0.476. The van der Waals surface area contributed by atoms with E-state index in [4.69, 9.17) is 23.1 Å². The van der Waals surface area contributed by atoms with E-state index in [0.717, 1.165) is 24.9 Å². The average Bonchev–Trinajstić information content (AvgIpc) is 2.67. The number of nitrogens with one attached hydrogen (secondary N) is 1. The highest BCUT2D eigenvalue weighted by Gasteiger charge is 2.24. The Morgan fingerprint density at radius 2 is 2.18 bits per heavy atom. The smallest absolute Gasteiger partial charge is 0.248 e. The van der Waals surface area contributed by atoms with E-state index >= 15 is 0 Å². The van der Waals surface area contributed by atoms with Crippen LogP contribution in [0.4, 0.5) is 5.69 Å². The van der Waals surface area contributed by atoms with Crippen LogP contribution < -0.4 is 16.8 Å². The van der Waals surface area contributed by atoms with E-state index in [1.54, 1.807) is 18.2 Å². The Labute approximate surface area is 105 Å². The first kappa shape index (κ1) is 12.2. The standard InChI is InChI=1S/C12H16ClN3O/c13-8-6-7(12(15)17)4-5-10(8)16-11-3-1-2-9(11)14/h4-6,9,11,16H,1-3,14H2,(H2,15,17). The number of benzene rings is 1. The first-order valence-corrected chi connectivity index (χ1v) is 6.07. The Morgan fingerprint density at radius 1 is 1.41 bits per heavy atom. The van der Waals surface area contributed by atoms with E-state index in [-0.39, 0.29) is 12.1 Å². The molecule has 2 rings (SSSR count). The lowest BCUT2D eigenvalue weighted by Crippen LogP contribution is -2.35. The van der Waals surface area contributed by atoms with Gasteiger partial charge in [-0.15, -0.1) is 0 Å². The highest BCUT2D eigenvalue weighted by atomic mass is 35.5. The maximum atomic E-state index is 11.0. The summed E-state index contributed by atoms with van der Waals surface area (Å²) in [5, 5.41) is 3.82. The lowest BCUT2D eigenvalue weighted by Gasteiger charge is -2.19. The molecule has 1 aliphatic rings. The number of hydrogen-bond donors (Lipinski definition) is 3. The summed E-state index contributed by atoms with van der Waals surface area (Å²) in [7, 11) is 0. The van der Waals surface area contributed by atoms with Gasteiger partial charge in [0.15, 0.2) is 0 Å². The Balaban J connectivity index is 2.14. The van der Waals surface area contributed by atoms with Gasteiger partial charge in [0.1, 0.15) is 0 Å². The molecule has 92 valence electrons. The molecule has 2 unspecified atom stereocenters. The topological polar surface area (TPSA) is 81.1 Å². The second kappa shape index (κ2) is 4.94. The van der Waals surface area contributed by atoms with Crippen molar-refractivity contribution >= 4 is 23.2 Å². The van der Waals surface area contributed by atoms with Gasteiger partial charge in [-0.2, -0.15) is 0 Å². The number of primary amides is 1. The third kappa shape index (κ3) is 2.70. The van der Waals surface area contributed by atoms with Gasteiger partial charge >= 0.3 is 0 Å². The molecule has 1 fully saturated rings. The Bertz CT molecular complexity index is 436. The zero-order valence-electron chi connectivity index (χ0n) is 9.45. The number of carbonyl (C=O) groups excluding carboxylic acids is 1. The number of carbonyl (C=O) groups is 1. The van der Waals surface area contributed by atoms with Crippen LogP contribution in [0.1, 0.15) is 29.6 Å². The van der Waals surface area contributed by atoms with Crippen LogP contribution in [0, 0.1) is 0 Å². The summed E-state index contributed by atoms with van der Waals surface area (Å²) in [6, 6.07) is 5.44. The minimum Gasteiger partial charge on any atom is -0.380 e. The van der Waals surface area contributed by atoms with E-state index in [0.29, 0.717) is 10.6 Å². The predicted octanol–water partition coefficient (Wildman–Crippen LogP) is 1.73. The van der Waals surface area contributed by atoms with Crippen LogP contribution in [-0.4, -0.2) is 18.0 Å². The molecule has 4 nitrogen and oxygen atoms in total. The molecular formula is C12H16ClN3O. The number of hydrogen-bond acceptors (Lipinski definition) is 3. The fourth-order valence-corrected chi connectivity index (χ4v) is 2.39. The summed E-state index contributed by atoms with van der Waals surface area (Å²) in [4.78, 5) is 11.0. The maximum absolute atomic E-state index is 11.0. The lowest BCUT2D eigenvalue weighted by atomic mass is 10.1. The highest BCUT2D eigenvalue weighted by molar-refractivity contribution is 6.33. The highest BCUT2D eigenvalue weighted by Crippen LogP contribution is 2.27. The van der Waals surface area contributed by atoms with Crippen molar-refractivity contribution in [2.75, 3.05) is 5.32 Å². The van der Waals surface area contributed by atoms with E-state index in [1.807, 2.05) is 0 Å². The van der Waals surface area contributed by atoms with Gasteiger partial charge in [-0.1, -0.05) is 11.6 Å². The first-order valence-electron chi connectivity index (χ1n) is 5.69. The third-order valence-corrected chi connectivity index (χ3v) is 3.48. The minimum atomic E-state index is -0.476. The molecule has 1 aromatic rings. The molecule has 0 radical (unpaired) electrons. The maximum Gasteiger partial charge on any atom is 0.248 e. The molecule has 0 spiro atoms. The van der Waals surface area contributed by atoms with Crippen LogP contribution in [0.2, 0.25) is 5.02 Å². The van der Waals surface area contributed by atoms with Crippen molar-refractivity contribution in [1.29, 1.82) is 0 Å². The predicted molar refractivity (Wildman–Crippen MR) is 69.2 cm³/mol. The van der Waals surface area contributed by atoms with Crippen molar-refractivity contribution in [1.82, 2.24) is 0 Å². The molecule has 1 aromatic carbocycles. The van der Waals surface area contributed by atoms with Crippen LogP contribution in [0.15, 0.2) is 18.2 Å². The average molecular weight is 254 g/mol. The van der Waals surface area contributed by atoms with Gasteiger partial charge in [-0.25, -0.2) is 0 Å². The summed E-state index contributed by atoms with van der Waals surface area (Å²) in [6.45, 7) is 0. The van der Waals surface area contributed by atoms with Crippen molar-refractivity contribution in [2.45, 2.75) is 31.3 Å². The summed E-state index contributed by atoms with van der Waals surface area (Å²) in [5.41, 5.74) is 12.4. The quantitative estimate of drug-likeness (QED) is 0.767. The van der Waals surface area contributed by atoms with E-state index in [2.05, 4.69) is 5.32 Å². The Hall–Kier alpha value is -1.26. The number of amides is 1. The van der Waals surface area contributed by atoms with Crippen molar-refractivity contribution in [2.24, 2.45) is 11.5 Å². The van der Waals surface area contributed by atoms with Crippen LogP contribution in [0.5, 0.6) is 0 Å². The molecule has 5 N–H and O–H groups in total. The van der Waals surface area contributed by atoms with E-state index in [1.165, 1.54) is 0 Å². The van der Waals surface area contributed by atoms with Crippen molar-refractivity contribution in [3.63, 3.8) is 0 Å². The van der Waals surface area contributed by atoms with Crippen molar-refractivity contribution in [3.05, 3.63) is 28.8 Å². The molecule has 1 aliphatic carbocycles. The zero-order chi connectivity index (χ0) is 12.4. The van der Waals surface area contributed by atoms with E-state index in [9.17, 15) is 4.79 Å². The van der Waals surface area contributed by atoms with Gasteiger partial charge in [0.05, 0.1) is 10.7 Å². The molecule has 0 aliphatic heterocycles. The number of rotatable bonds is 3. The van der Waals surface area contributed by atoms with Gasteiger partial charge < -0.3 is 16.8 Å². The number of anilines is 1. The molecule has 1 amide bonds. The molecule has 2 atom stereocenters. The summed E-state index contributed by atoms with van der Waals surface area (Å²) >= 11 is 6.09. The largest absolute Gasteiger partial charge is 0.380 e. The SMILES string of the molecule is NC(=O)c1ccc(NC2CCCC2N)c(Cl)c1. The minimum absolute atomic E-state index is 0.168. The van der Waals surface area contributed by atoms with Gasteiger partial charge in [-0.3, -0.25) is 4.79 Å². The molecule has 0 bridgehead atoms. The Morgan fingerprint density at radius 3 is 2.71 bits per heavy atom. The van der Waals surface area contributed by atoms with Gasteiger partial charge in [0.2, 0.25) is 5.91 Å². The molecule has 1 saturated carbocycles. The molecular weight excluding hydrogens is 238 g/mol. The molecule has 17 heavy (non-hydrogen) atoms. The van der Waals surface area contributed by atoms with Crippen LogP contribution in [-0.2, 0) is 0 Å².